The van der Waals surface area contributed by atoms with Crippen LogP contribution in [0.15, 0.2) is 11.6 Å². The predicted molar refractivity (Wildman–Crippen MR) is 132 cm³/mol. The van der Waals surface area contributed by atoms with Gasteiger partial charge in [-0.3, -0.25) is 14.4 Å². The highest BCUT2D eigenvalue weighted by atomic mass is 16.5. The minimum absolute atomic E-state index is 0.0621. The molecule has 5 aliphatic rings. The average Bonchev–Trinajstić information content (AvgIpc) is 3.14. The zero-order valence-electron chi connectivity index (χ0n) is 22.2. The maximum atomic E-state index is 13.3. The molecule has 3 unspecified atom stereocenters. The SMILES string of the molecule is CCOC(=O)C1CC=C2[C@H](C[C@H]3[C@@H]4CCC5N(C)C(=O)CC[C@]5(C)[C@H]4CC[C@]23C)C1C(=O)OCC. The molecule has 1 heterocycles. The summed E-state index contributed by atoms with van der Waals surface area (Å²) in [5.74, 6) is 0.692. The predicted octanol–water partition coefficient (Wildman–Crippen LogP) is 4.76. The third-order valence-electron chi connectivity index (χ3n) is 11.1. The number of ether oxygens (including phenoxy) is 2. The fourth-order valence-electron chi connectivity index (χ4n) is 9.55. The van der Waals surface area contributed by atoms with Gasteiger partial charge in [-0.2, -0.15) is 0 Å². The monoisotopic (exact) mass is 485 g/mol. The van der Waals surface area contributed by atoms with Crippen molar-refractivity contribution in [2.75, 3.05) is 20.3 Å². The van der Waals surface area contributed by atoms with Crippen LogP contribution in [0.4, 0.5) is 0 Å². The van der Waals surface area contributed by atoms with Crippen LogP contribution in [0.5, 0.6) is 0 Å². The van der Waals surface area contributed by atoms with Crippen molar-refractivity contribution in [3.8, 4) is 0 Å². The van der Waals surface area contributed by atoms with Crippen LogP contribution >= 0.6 is 0 Å². The average molecular weight is 486 g/mol. The van der Waals surface area contributed by atoms with E-state index in [0.717, 1.165) is 32.1 Å². The quantitative estimate of drug-likeness (QED) is 0.424. The molecule has 9 atom stereocenters. The summed E-state index contributed by atoms with van der Waals surface area (Å²) in [6, 6.07) is 0.345. The number of likely N-dealkylation sites (tertiary alicyclic amines) is 1. The van der Waals surface area contributed by atoms with Gasteiger partial charge in [-0.15, -0.1) is 0 Å². The number of carbonyl (C=O) groups excluding carboxylic acids is 3. The van der Waals surface area contributed by atoms with Crippen LogP contribution in [0.3, 0.4) is 0 Å². The molecule has 0 spiro atoms. The van der Waals surface area contributed by atoms with E-state index in [2.05, 4.69) is 19.9 Å². The number of rotatable bonds is 4. The molecular weight excluding hydrogens is 442 g/mol. The van der Waals surface area contributed by atoms with E-state index in [-0.39, 0.29) is 28.7 Å². The Hall–Kier alpha value is -1.85. The first-order valence-corrected chi connectivity index (χ1v) is 14.0. The molecule has 194 valence electrons. The molecule has 0 N–H and O–H groups in total. The Morgan fingerprint density at radius 1 is 1.03 bits per heavy atom. The van der Waals surface area contributed by atoms with Crippen LogP contribution in [0.1, 0.15) is 79.1 Å². The molecule has 1 amide bonds. The van der Waals surface area contributed by atoms with Gasteiger partial charge in [-0.25, -0.2) is 0 Å². The van der Waals surface area contributed by atoms with Crippen molar-refractivity contribution < 1.29 is 23.9 Å². The summed E-state index contributed by atoms with van der Waals surface area (Å²) in [5, 5.41) is 0. The largest absolute Gasteiger partial charge is 0.466 e. The van der Waals surface area contributed by atoms with Crippen molar-refractivity contribution >= 4 is 17.8 Å². The Bertz CT molecular complexity index is 928. The van der Waals surface area contributed by atoms with Gasteiger partial charge >= 0.3 is 11.9 Å². The first-order chi connectivity index (χ1) is 16.7. The van der Waals surface area contributed by atoms with E-state index in [1.54, 1.807) is 0 Å². The Kier molecular flexibility index (Phi) is 6.32. The molecule has 1 aliphatic heterocycles. The molecule has 3 saturated carbocycles. The number of carbonyl (C=O) groups is 3. The Labute approximate surface area is 210 Å². The Morgan fingerprint density at radius 3 is 2.46 bits per heavy atom. The number of allylic oxidation sites excluding steroid dienone is 2. The number of esters is 2. The molecule has 4 aliphatic carbocycles. The second-order valence-corrected chi connectivity index (χ2v) is 12.3. The summed E-state index contributed by atoms with van der Waals surface area (Å²) >= 11 is 0. The van der Waals surface area contributed by atoms with Crippen molar-refractivity contribution in [2.24, 2.45) is 46.3 Å². The second kappa shape index (κ2) is 8.92. The van der Waals surface area contributed by atoms with Gasteiger partial charge in [0.1, 0.15) is 0 Å². The van der Waals surface area contributed by atoms with Crippen molar-refractivity contribution in [2.45, 2.75) is 85.1 Å². The van der Waals surface area contributed by atoms with Crippen LogP contribution < -0.4 is 0 Å². The lowest BCUT2D eigenvalue weighted by atomic mass is 9.47. The number of hydrogen-bond acceptors (Lipinski definition) is 5. The molecular formula is C29H43NO5. The molecule has 1 saturated heterocycles. The molecule has 6 heteroatoms. The smallest absolute Gasteiger partial charge is 0.310 e. The standard InChI is InChI=1S/C29H43NO5/c1-6-34-26(32)18-8-10-20-19(25(18)27(33)35-7-2)16-22-17-9-11-23-29(4,15-13-24(31)30(23)5)21(17)12-14-28(20,22)3/h10,17-19,21-23,25H,6-9,11-16H2,1-5H3/t17-,18?,19+,21+,22+,23?,25?,28-,29-/m1/s1. The fraction of sp³-hybridized carbons (Fsp3) is 0.828. The molecule has 0 aromatic rings. The second-order valence-electron chi connectivity index (χ2n) is 12.3. The van der Waals surface area contributed by atoms with E-state index in [1.165, 1.54) is 12.0 Å². The maximum Gasteiger partial charge on any atom is 0.310 e. The van der Waals surface area contributed by atoms with Crippen molar-refractivity contribution in [1.29, 1.82) is 0 Å². The number of piperidine rings is 1. The number of hydrogen-bond donors (Lipinski definition) is 0. The molecule has 0 aromatic heterocycles. The van der Waals surface area contributed by atoms with Gasteiger partial charge in [0.25, 0.3) is 0 Å². The van der Waals surface area contributed by atoms with Crippen molar-refractivity contribution in [3.63, 3.8) is 0 Å². The summed E-state index contributed by atoms with van der Waals surface area (Å²) in [6.07, 6.45) is 10.0. The summed E-state index contributed by atoms with van der Waals surface area (Å²) < 4.78 is 10.9. The van der Waals surface area contributed by atoms with E-state index in [9.17, 15) is 14.4 Å². The third-order valence-corrected chi connectivity index (χ3v) is 11.1. The Morgan fingerprint density at radius 2 is 1.74 bits per heavy atom. The van der Waals surface area contributed by atoms with Crippen LogP contribution in [-0.2, 0) is 23.9 Å². The van der Waals surface area contributed by atoms with E-state index in [0.29, 0.717) is 55.8 Å². The van der Waals surface area contributed by atoms with Crippen LogP contribution in [-0.4, -0.2) is 49.0 Å². The van der Waals surface area contributed by atoms with E-state index < -0.39 is 11.8 Å². The molecule has 0 radical (unpaired) electrons. The normalized spacial score (nSPS) is 44.4. The summed E-state index contributed by atoms with van der Waals surface area (Å²) in [7, 11) is 2.01. The minimum Gasteiger partial charge on any atom is -0.466 e. The molecule has 0 aromatic carbocycles. The van der Waals surface area contributed by atoms with Gasteiger partial charge in [-0.05, 0) is 93.3 Å². The lowest BCUT2D eigenvalue weighted by Crippen LogP contribution is -2.61. The Balaban J connectivity index is 1.47. The van der Waals surface area contributed by atoms with Crippen molar-refractivity contribution in [1.82, 2.24) is 4.90 Å². The topological polar surface area (TPSA) is 72.9 Å². The van der Waals surface area contributed by atoms with Gasteiger partial charge in [0.05, 0.1) is 25.0 Å². The zero-order valence-corrected chi connectivity index (χ0v) is 22.2. The van der Waals surface area contributed by atoms with E-state index in [4.69, 9.17) is 9.47 Å². The van der Waals surface area contributed by atoms with Gasteiger partial charge < -0.3 is 14.4 Å². The van der Waals surface area contributed by atoms with Gasteiger partial charge in [0.2, 0.25) is 5.91 Å². The highest BCUT2D eigenvalue weighted by Crippen LogP contribution is 2.69. The van der Waals surface area contributed by atoms with Gasteiger partial charge in [0.15, 0.2) is 0 Å². The van der Waals surface area contributed by atoms with Gasteiger partial charge in [0, 0.05) is 19.5 Å². The third kappa shape index (κ3) is 3.60. The van der Waals surface area contributed by atoms with Gasteiger partial charge in [-0.1, -0.05) is 25.5 Å². The first-order valence-electron chi connectivity index (χ1n) is 14.0. The lowest BCUT2D eigenvalue weighted by Gasteiger charge is -2.61. The maximum absolute atomic E-state index is 13.3. The summed E-state index contributed by atoms with van der Waals surface area (Å²) in [4.78, 5) is 40.7. The highest BCUT2D eigenvalue weighted by molar-refractivity contribution is 5.83. The first kappa shape index (κ1) is 24.8. The molecule has 35 heavy (non-hydrogen) atoms. The van der Waals surface area contributed by atoms with Crippen LogP contribution in [0.2, 0.25) is 0 Å². The lowest BCUT2D eigenvalue weighted by molar-refractivity contribution is -0.162. The zero-order chi connectivity index (χ0) is 25.1. The molecule has 5 rings (SSSR count). The number of fused-ring (bicyclic) bond motifs is 7. The summed E-state index contributed by atoms with van der Waals surface area (Å²) in [5.41, 5.74) is 1.65. The molecule has 6 nitrogen and oxygen atoms in total. The fourth-order valence-corrected chi connectivity index (χ4v) is 9.55. The van der Waals surface area contributed by atoms with E-state index in [1.807, 2.05) is 25.8 Å². The minimum atomic E-state index is -0.450. The van der Waals surface area contributed by atoms with Crippen molar-refractivity contribution in [3.05, 3.63) is 11.6 Å². The molecule has 0 bridgehead atoms. The number of amides is 1. The van der Waals surface area contributed by atoms with E-state index >= 15 is 0 Å². The van der Waals surface area contributed by atoms with Crippen LogP contribution in [0.25, 0.3) is 0 Å². The van der Waals surface area contributed by atoms with Crippen LogP contribution in [0, 0.1) is 46.3 Å². The highest BCUT2D eigenvalue weighted by Gasteiger charge is 2.64. The number of nitrogens with zero attached hydrogens (tertiary/aromatic N) is 1. The molecule has 4 fully saturated rings. The summed E-state index contributed by atoms with van der Waals surface area (Å²) in [6.45, 7) is 9.18.